The minimum atomic E-state index is -0.152. The van der Waals surface area contributed by atoms with E-state index in [2.05, 4.69) is 5.32 Å². The number of carbonyl (C=O) groups is 1. The number of halogens is 1. The van der Waals surface area contributed by atoms with Crippen LogP contribution in [0.2, 0.25) is 0 Å². The minimum absolute atomic E-state index is 0. The summed E-state index contributed by atoms with van der Waals surface area (Å²) in [6.45, 7) is 4.19. The van der Waals surface area contributed by atoms with E-state index in [0.29, 0.717) is 17.9 Å². The number of hydrogen-bond acceptors (Lipinski definition) is 4. The van der Waals surface area contributed by atoms with Gasteiger partial charge in [0.2, 0.25) is 0 Å². The van der Waals surface area contributed by atoms with Crippen molar-refractivity contribution in [1.82, 2.24) is 10.2 Å². The molecule has 1 aromatic rings. The summed E-state index contributed by atoms with van der Waals surface area (Å²) in [5.41, 5.74) is 0.295. The Bertz CT molecular complexity index is 454. The molecular formula is C13H19ClN2O3. The molecule has 5 nitrogen and oxygen atoms in total. The van der Waals surface area contributed by atoms with Crippen molar-refractivity contribution in [2.75, 3.05) is 26.7 Å². The largest absolute Gasteiger partial charge is 0.507 e. The van der Waals surface area contributed by atoms with Gasteiger partial charge in [-0.1, -0.05) is 0 Å². The number of rotatable bonds is 2. The van der Waals surface area contributed by atoms with E-state index in [0.717, 1.165) is 13.1 Å². The Hall–Kier alpha value is -1.46. The average molecular weight is 287 g/mol. The monoisotopic (exact) mass is 286 g/mol. The van der Waals surface area contributed by atoms with Gasteiger partial charge in [0.15, 0.2) is 0 Å². The highest BCUT2D eigenvalue weighted by atomic mass is 35.5. The van der Waals surface area contributed by atoms with Crippen LogP contribution in [0.1, 0.15) is 17.3 Å². The van der Waals surface area contributed by atoms with E-state index in [1.165, 1.54) is 13.2 Å². The quantitative estimate of drug-likeness (QED) is 0.859. The lowest BCUT2D eigenvalue weighted by Crippen LogP contribution is -2.52. The van der Waals surface area contributed by atoms with Gasteiger partial charge in [0.05, 0.1) is 12.7 Å². The Morgan fingerprint density at radius 3 is 2.89 bits per heavy atom. The zero-order chi connectivity index (χ0) is 13.1. The predicted molar refractivity (Wildman–Crippen MR) is 75.3 cm³/mol. The van der Waals surface area contributed by atoms with Crippen LogP contribution >= 0.6 is 12.4 Å². The first-order chi connectivity index (χ1) is 8.63. The van der Waals surface area contributed by atoms with Crippen LogP contribution in [-0.2, 0) is 0 Å². The molecule has 19 heavy (non-hydrogen) atoms. The lowest BCUT2D eigenvalue weighted by molar-refractivity contribution is 0.0652. The summed E-state index contributed by atoms with van der Waals surface area (Å²) in [7, 11) is 1.54. The Morgan fingerprint density at radius 2 is 2.26 bits per heavy atom. The van der Waals surface area contributed by atoms with Crippen LogP contribution in [0.25, 0.3) is 0 Å². The number of aromatic hydroxyl groups is 1. The lowest BCUT2D eigenvalue weighted by Gasteiger charge is -2.34. The van der Waals surface area contributed by atoms with Crippen molar-refractivity contribution in [1.29, 1.82) is 0 Å². The van der Waals surface area contributed by atoms with Crippen LogP contribution in [-0.4, -0.2) is 48.7 Å². The van der Waals surface area contributed by atoms with Gasteiger partial charge < -0.3 is 20.1 Å². The fourth-order valence-corrected chi connectivity index (χ4v) is 2.11. The predicted octanol–water partition coefficient (Wildman–Crippen LogP) is 1.26. The van der Waals surface area contributed by atoms with E-state index < -0.39 is 0 Å². The third-order valence-corrected chi connectivity index (χ3v) is 3.20. The molecule has 1 aliphatic heterocycles. The molecule has 0 bridgehead atoms. The summed E-state index contributed by atoms with van der Waals surface area (Å²) >= 11 is 0. The molecule has 1 aromatic carbocycles. The maximum atomic E-state index is 12.4. The number of hydrogen-bond donors (Lipinski definition) is 2. The molecule has 1 fully saturated rings. The molecule has 6 heteroatoms. The first kappa shape index (κ1) is 15.6. The van der Waals surface area contributed by atoms with Crippen LogP contribution in [0, 0.1) is 0 Å². The van der Waals surface area contributed by atoms with Crippen molar-refractivity contribution < 1.29 is 14.6 Å². The molecule has 1 amide bonds. The molecule has 0 aliphatic carbocycles. The fraction of sp³-hybridized carbons (Fsp3) is 0.462. The van der Waals surface area contributed by atoms with E-state index in [1.807, 2.05) is 6.92 Å². The Balaban J connectivity index is 0.00000180. The molecule has 0 aromatic heterocycles. The number of methoxy groups -OCH3 is 1. The van der Waals surface area contributed by atoms with Crippen molar-refractivity contribution in [3.8, 4) is 11.5 Å². The van der Waals surface area contributed by atoms with Gasteiger partial charge in [0.25, 0.3) is 5.91 Å². The molecule has 2 N–H and O–H groups in total. The Labute approximate surface area is 119 Å². The molecule has 2 rings (SSSR count). The number of phenols is 1. The van der Waals surface area contributed by atoms with E-state index in [-0.39, 0.29) is 30.1 Å². The molecule has 1 atom stereocenters. The number of phenolic OH excluding ortho intramolecular Hbond substituents is 1. The van der Waals surface area contributed by atoms with Gasteiger partial charge in [-0.25, -0.2) is 0 Å². The van der Waals surface area contributed by atoms with Gasteiger partial charge in [-0.2, -0.15) is 0 Å². The maximum Gasteiger partial charge on any atom is 0.258 e. The van der Waals surface area contributed by atoms with Crippen LogP contribution in [0.15, 0.2) is 18.2 Å². The van der Waals surface area contributed by atoms with E-state index in [4.69, 9.17) is 4.74 Å². The number of nitrogens with zero attached hydrogens (tertiary/aromatic N) is 1. The lowest BCUT2D eigenvalue weighted by atomic mass is 10.1. The number of benzene rings is 1. The van der Waals surface area contributed by atoms with Crippen LogP contribution in [0.5, 0.6) is 11.5 Å². The summed E-state index contributed by atoms with van der Waals surface area (Å²) in [5, 5.41) is 13.0. The summed E-state index contributed by atoms with van der Waals surface area (Å²) < 4.78 is 5.08. The smallest absolute Gasteiger partial charge is 0.258 e. The van der Waals surface area contributed by atoms with E-state index in [1.54, 1.807) is 17.0 Å². The molecule has 1 heterocycles. The maximum absolute atomic E-state index is 12.4. The highest BCUT2D eigenvalue weighted by Crippen LogP contribution is 2.25. The average Bonchev–Trinajstić information content (AvgIpc) is 2.39. The standard InChI is InChI=1S/C13H18N2O3.ClH/c1-9-8-14-5-6-15(9)13(17)11-7-10(18-2)3-4-12(11)16;/h3-4,7,9,14,16H,5-6,8H2,1-2H3;1H/t9-;/m1./s1. The Morgan fingerprint density at radius 1 is 1.53 bits per heavy atom. The first-order valence-electron chi connectivity index (χ1n) is 6.02. The molecule has 106 valence electrons. The zero-order valence-corrected chi connectivity index (χ0v) is 11.9. The Kier molecular flexibility index (Phi) is 5.44. The summed E-state index contributed by atoms with van der Waals surface area (Å²) in [5.74, 6) is 0.408. The number of piperazine rings is 1. The normalized spacial score (nSPS) is 18.6. The molecule has 1 aliphatic rings. The van der Waals surface area contributed by atoms with Crippen molar-refractivity contribution in [2.24, 2.45) is 0 Å². The van der Waals surface area contributed by atoms with E-state index >= 15 is 0 Å². The molecule has 0 unspecified atom stereocenters. The van der Waals surface area contributed by atoms with Crippen LogP contribution in [0.4, 0.5) is 0 Å². The van der Waals surface area contributed by atoms with Gasteiger partial charge in [-0.3, -0.25) is 4.79 Å². The minimum Gasteiger partial charge on any atom is -0.507 e. The highest BCUT2D eigenvalue weighted by molar-refractivity contribution is 5.97. The SMILES string of the molecule is COc1ccc(O)c(C(=O)N2CCNC[C@H]2C)c1.Cl. The van der Waals surface area contributed by atoms with Gasteiger partial charge in [0, 0.05) is 25.7 Å². The van der Waals surface area contributed by atoms with E-state index in [9.17, 15) is 9.90 Å². The van der Waals surface area contributed by atoms with Gasteiger partial charge in [-0.05, 0) is 25.1 Å². The van der Waals surface area contributed by atoms with Crippen molar-refractivity contribution >= 4 is 18.3 Å². The molecular weight excluding hydrogens is 268 g/mol. The van der Waals surface area contributed by atoms with Crippen LogP contribution < -0.4 is 10.1 Å². The second-order valence-electron chi connectivity index (χ2n) is 4.43. The first-order valence-corrected chi connectivity index (χ1v) is 6.02. The number of nitrogens with one attached hydrogen (secondary N) is 1. The fourth-order valence-electron chi connectivity index (χ4n) is 2.11. The van der Waals surface area contributed by atoms with Crippen molar-refractivity contribution in [3.63, 3.8) is 0 Å². The summed E-state index contributed by atoms with van der Waals surface area (Å²) in [6.07, 6.45) is 0. The summed E-state index contributed by atoms with van der Waals surface area (Å²) in [6, 6.07) is 4.82. The zero-order valence-electron chi connectivity index (χ0n) is 11.0. The second kappa shape index (κ2) is 6.63. The summed E-state index contributed by atoms with van der Waals surface area (Å²) in [4.78, 5) is 14.2. The third kappa shape index (κ3) is 3.30. The molecule has 0 saturated carbocycles. The van der Waals surface area contributed by atoms with Gasteiger partial charge >= 0.3 is 0 Å². The number of ether oxygens (including phenoxy) is 1. The van der Waals surface area contributed by atoms with Crippen LogP contribution in [0.3, 0.4) is 0 Å². The molecule has 0 radical (unpaired) electrons. The molecule has 0 spiro atoms. The van der Waals surface area contributed by atoms with Crippen molar-refractivity contribution in [2.45, 2.75) is 13.0 Å². The van der Waals surface area contributed by atoms with Crippen molar-refractivity contribution in [3.05, 3.63) is 23.8 Å². The van der Waals surface area contributed by atoms with Gasteiger partial charge in [-0.15, -0.1) is 12.4 Å². The second-order valence-corrected chi connectivity index (χ2v) is 4.43. The third-order valence-electron chi connectivity index (χ3n) is 3.20. The highest BCUT2D eigenvalue weighted by Gasteiger charge is 2.26. The molecule has 1 saturated heterocycles. The topological polar surface area (TPSA) is 61.8 Å². The number of carbonyl (C=O) groups excluding carboxylic acids is 1. The van der Waals surface area contributed by atoms with Gasteiger partial charge in [0.1, 0.15) is 11.5 Å². The number of amides is 1.